The summed E-state index contributed by atoms with van der Waals surface area (Å²) in [7, 11) is 0. The molecule has 0 aliphatic heterocycles. The lowest BCUT2D eigenvalue weighted by molar-refractivity contribution is -0.137. The number of anilines is 2. The number of nitrogens with zero attached hydrogens (tertiary/aromatic N) is 3. The molecular formula is C26H18F3N5. The molecule has 2 heterocycles. The lowest BCUT2D eigenvalue weighted by Crippen LogP contribution is -2.07. The lowest BCUT2D eigenvalue weighted by Gasteiger charge is -2.09. The Labute approximate surface area is 192 Å². The zero-order valence-electron chi connectivity index (χ0n) is 17.8. The van der Waals surface area contributed by atoms with Crippen LogP contribution in [0.1, 0.15) is 22.3 Å². The second kappa shape index (κ2) is 8.12. The lowest BCUT2D eigenvalue weighted by atomic mass is 10.1. The molecule has 0 radical (unpaired) electrons. The molecule has 8 heteroatoms. The maximum atomic E-state index is 13.2. The van der Waals surface area contributed by atoms with E-state index in [0.717, 1.165) is 27.9 Å². The number of rotatable bonds is 2. The van der Waals surface area contributed by atoms with Gasteiger partial charge in [0.05, 0.1) is 16.6 Å². The summed E-state index contributed by atoms with van der Waals surface area (Å²) in [5, 5.41) is 1.63. The summed E-state index contributed by atoms with van der Waals surface area (Å²) in [5.74, 6) is 5.97. The molecule has 0 amide bonds. The normalized spacial score (nSPS) is 11.5. The van der Waals surface area contributed by atoms with E-state index in [1.54, 1.807) is 12.1 Å². The van der Waals surface area contributed by atoms with E-state index in [-0.39, 0.29) is 11.5 Å². The van der Waals surface area contributed by atoms with Crippen LogP contribution in [0, 0.1) is 11.8 Å². The number of halogens is 3. The van der Waals surface area contributed by atoms with Crippen LogP contribution in [0.4, 0.5) is 24.9 Å². The van der Waals surface area contributed by atoms with Crippen LogP contribution in [-0.2, 0) is 12.7 Å². The zero-order chi connectivity index (χ0) is 23.9. The number of benzene rings is 3. The van der Waals surface area contributed by atoms with Crippen LogP contribution < -0.4 is 11.5 Å². The summed E-state index contributed by atoms with van der Waals surface area (Å²) in [4.78, 5) is 8.36. The number of alkyl halides is 3. The van der Waals surface area contributed by atoms with Crippen LogP contribution in [0.25, 0.3) is 21.8 Å². The molecule has 0 aliphatic carbocycles. The first kappa shape index (κ1) is 21.3. The van der Waals surface area contributed by atoms with Gasteiger partial charge in [0.15, 0.2) is 0 Å². The first-order chi connectivity index (χ1) is 16.3. The van der Waals surface area contributed by atoms with E-state index < -0.39 is 11.7 Å². The van der Waals surface area contributed by atoms with Crippen molar-refractivity contribution in [2.45, 2.75) is 12.7 Å². The van der Waals surface area contributed by atoms with E-state index in [1.807, 2.05) is 42.6 Å². The van der Waals surface area contributed by atoms with Crippen molar-refractivity contribution >= 4 is 33.6 Å². The Morgan fingerprint density at radius 3 is 2.50 bits per heavy atom. The topological polar surface area (TPSA) is 82.7 Å². The fourth-order valence-corrected chi connectivity index (χ4v) is 3.97. The average Bonchev–Trinajstić information content (AvgIpc) is 3.21. The van der Waals surface area contributed by atoms with Crippen molar-refractivity contribution in [2.24, 2.45) is 0 Å². The van der Waals surface area contributed by atoms with E-state index in [4.69, 9.17) is 11.5 Å². The van der Waals surface area contributed by atoms with Crippen molar-refractivity contribution in [1.82, 2.24) is 14.5 Å². The van der Waals surface area contributed by atoms with Gasteiger partial charge in [-0.2, -0.15) is 18.2 Å². The third-order valence-corrected chi connectivity index (χ3v) is 5.52. The van der Waals surface area contributed by atoms with Gasteiger partial charge in [-0.15, -0.1) is 0 Å². The Kier molecular flexibility index (Phi) is 5.10. The Hall–Kier alpha value is -4.51. The largest absolute Gasteiger partial charge is 0.417 e. The van der Waals surface area contributed by atoms with Crippen LogP contribution in [0.2, 0.25) is 0 Å². The Morgan fingerprint density at radius 1 is 0.853 bits per heavy atom. The maximum absolute atomic E-state index is 13.2. The first-order valence-electron chi connectivity index (χ1n) is 10.4. The van der Waals surface area contributed by atoms with Gasteiger partial charge in [0.1, 0.15) is 5.82 Å². The van der Waals surface area contributed by atoms with Gasteiger partial charge >= 0.3 is 6.18 Å². The molecule has 0 aliphatic rings. The smallest absolute Gasteiger partial charge is 0.383 e. The zero-order valence-corrected chi connectivity index (χ0v) is 17.8. The monoisotopic (exact) mass is 457 g/mol. The van der Waals surface area contributed by atoms with Crippen molar-refractivity contribution in [1.29, 1.82) is 0 Å². The maximum Gasteiger partial charge on any atom is 0.417 e. The van der Waals surface area contributed by atoms with Crippen molar-refractivity contribution in [3.63, 3.8) is 0 Å². The molecule has 5 aromatic rings. The fourth-order valence-electron chi connectivity index (χ4n) is 3.97. The molecule has 0 saturated heterocycles. The van der Waals surface area contributed by atoms with Crippen LogP contribution >= 0.6 is 0 Å². The number of nitrogen functional groups attached to an aromatic ring is 2. The molecule has 168 valence electrons. The van der Waals surface area contributed by atoms with Crippen molar-refractivity contribution < 1.29 is 13.2 Å². The van der Waals surface area contributed by atoms with E-state index in [2.05, 4.69) is 26.4 Å². The summed E-state index contributed by atoms with van der Waals surface area (Å²) in [6.45, 7) is 0.541. The molecule has 5 nitrogen and oxygen atoms in total. The molecule has 34 heavy (non-hydrogen) atoms. The van der Waals surface area contributed by atoms with Gasteiger partial charge < -0.3 is 16.0 Å². The minimum Gasteiger partial charge on any atom is -0.383 e. The minimum absolute atomic E-state index is 0.0516. The molecule has 0 spiro atoms. The second-order valence-corrected chi connectivity index (χ2v) is 7.80. The highest BCUT2D eigenvalue weighted by Gasteiger charge is 2.32. The summed E-state index contributed by atoms with van der Waals surface area (Å²) in [5.41, 5.74) is 14.2. The number of hydrogen-bond acceptors (Lipinski definition) is 4. The van der Waals surface area contributed by atoms with Gasteiger partial charge in [-0.3, -0.25) is 0 Å². The van der Waals surface area contributed by atoms with Crippen LogP contribution in [0.5, 0.6) is 0 Å². The molecule has 3 aromatic carbocycles. The van der Waals surface area contributed by atoms with Crippen LogP contribution in [-0.4, -0.2) is 14.5 Å². The molecule has 5 rings (SSSR count). The van der Waals surface area contributed by atoms with Gasteiger partial charge in [0.25, 0.3) is 0 Å². The van der Waals surface area contributed by atoms with Crippen molar-refractivity contribution in [3.8, 4) is 11.8 Å². The highest BCUT2D eigenvalue weighted by atomic mass is 19.4. The number of aromatic nitrogens is 3. The quantitative estimate of drug-likeness (QED) is 0.356. The van der Waals surface area contributed by atoms with E-state index in [0.29, 0.717) is 23.4 Å². The van der Waals surface area contributed by atoms with E-state index in [1.165, 1.54) is 12.1 Å². The second-order valence-electron chi connectivity index (χ2n) is 7.80. The van der Waals surface area contributed by atoms with Gasteiger partial charge in [0.2, 0.25) is 5.95 Å². The molecule has 0 fully saturated rings. The Balaban J connectivity index is 1.47. The highest BCUT2D eigenvalue weighted by Crippen LogP contribution is 2.31. The number of fused-ring (bicyclic) bond motifs is 3. The fraction of sp³-hybridized carbons (Fsp3) is 0.0769. The number of nitrogens with two attached hydrogens (primary N) is 2. The van der Waals surface area contributed by atoms with Crippen LogP contribution in [0.3, 0.4) is 0 Å². The van der Waals surface area contributed by atoms with E-state index >= 15 is 0 Å². The standard InChI is InChI=1S/C26H18F3N5/c27-26(28,29)21-7-2-1-6-18(21)9-8-16-4-3-5-17(14-16)15-34-13-12-19-22(34)11-10-20-23(19)32-25(31)33-24(20)30/h1-7,10-14H,15H2,(H4,30,31,32,33). The summed E-state index contributed by atoms with van der Waals surface area (Å²) < 4.78 is 41.7. The molecular weight excluding hydrogens is 439 g/mol. The molecule has 0 unspecified atom stereocenters. The van der Waals surface area contributed by atoms with Crippen molar-refractivity contribution in [3.05, 3.63) is 95.2 Å². The Morgan fingerprint density at radius 2 is 1.68 bits per heavy atom. The summed E-state index contributed by atoms with van der Waals surface area (Å²) >= 11 is 0. The summed E-state index contributed by atoms with van der Waals surface area (Å²) in [6, 6.07) is 18.5. The van der Waals surface area contributed by atoms with Gasteiger partial charge in [-0.05, 0) is 48.0 Å². The van der Waals surface area contributed by atoms with Gasteiger partial charge in [-0.25, -0.2) is 4.98 Å². The van der Waals surface area contributed by atoms with Crippen molar-refractivity contribution in [2.75, 3.05) is 11.5 Å². The first-order valence-corrected chi connectivity index (χ1v) is 10.4. The SMILES string of the molecule is Nc1nc(N)c2ccc3c(ccn3Cc3cccc(C#Cc4ccccc4C(F)(F)F)c3)c2n1. The Bertz CT molecular complexity index is 1610. The third kappa shape index (κ3) is 3.99. The van der Waals surface area contributed by atoms with Gasteiger partial charge in [0, 0.05) is 34.6 Å². The number of hydrogen-bond donors (Lipinski definition) is 2. The molecule has 0 bridgehead atoms. The third-order valence-electron chi connectivity index (χ3n) is 5.52. The highest BCUT2D eigenvalue weighted by molar-refractivity contribution is 6.07. The molecule has 0 atom stereocenters. The van der Waals surface area contributed by atoms with Crippen LogP contribution in [0.15, 0.2) is 72.9 Å². The molecule has 4 N–H and O–H groups in total. The van der Waals surface area contributed by atoms with E-state index in [9.17, 15) is 13.2 Å². The predicted octanol–water partition coefficient (Wildman–Crippen LogP) is 5.22. The average molecular weight is 457 g/mol. The predicted molar refractivity (Wildman–Crippen MR) is 127 cm³/mol. The molecule has 0 saturated carbocycles. The molecule has 2 aromatic heterocycles. The summed E-state index contributed by atoms with van der Waals surface area (Å²) in [6.07, 6.45) is -2.51. The van der Waals surface area contributed by atoms with Gasteiger partial charge in [-0.1, -0.05) is 36.1 Å². The minimum atomic E-state index is -4.45.